The van der Waals surface area contributed by atoms with Crippen molar-refractivity contribution in [1.82, 2.24) is 4.98 Å². The van der Waals surface area contributed by atoms with Gasteiger partial charge in [0.1, 0.15) is 11.5 Å². The number of hydrogen-bond acceptors (Lipinski definition) is 3. The monoisotopic (exact) mass is 274 g/mol. The maximum atomic E-state index is 6.13. The zero-order valence-corrected chi connectivity index (χ0v) is 12.2. The average molecular weight is 274 g/mol. The Bertz CT molecular complexity index is 612. The largest absolute Gasteiger partial charge is 0.496 e. The quantitative estimate of drug-likeness (QED) is 0.901. The van der Waals surface area contributed by atoms with Crippen LogP contribution in [0.4, 0.5) is 0 Å². The fourth-order valence-corrected chi connectivity index (χ4v) is 3.59. The Morgan fingerprint density at radius 3 is 2.40 bits per heavy atom. The van der Waals surface area contributed by atoms with Crippen LogP contribution in [0, 0.1) is 0 Å². The van der Waals surface area contributed by atoms with Gasteiger partial charge in [-0.1, -0.05) is 12.8 Å². The number of methoxy groups -OCH3 is 2. The number of rotatable bonds is 4. The molecule has 2 aromatic rings. The third-order valence-electron chi connectivity index (χ3n) is 4.72. The Kier molecular flexibility index (Phi) is 3.34. The Labute approximate surface area is 119 Å². The molecule has 0 radical (unpaired) electrons. The van der Waals surface area contributed by atoms with E-state index in [4.69, 9.17) is 15.2 Å². The third kappa shape index (κ3) is 1.79. The summed E-state index contributed by atoms with van der Waals surface area (Å²) in [7, 11) is 3.40. The van der Waals surface area contributed by atoms with E-state index < -0.39 is 0 Å². The molecule has 0 saturated heterocycles. The van der Waals surface area contributed by atoms with Gasteiger partial charge in [0.2, 0.25) is 0 Å². The van der Waals surface area contributed by atoms with E-state index in [0.29, 0.717) is 6.54 Å². The minimum Gasteiger partial charge on any atom is -0.496 e. The third-order valence-corrected chi connectivity index (χ3v) is 4.72. The smallest absolute Gasteiger partial charge is 0.143 e. The number of H-pyrrole nitrogens is 1. The first-order valence-electron chi connectivity index (χ1n) is 7.18. The Morgan fingerprint density at radius 2 is 1.80 bits per heavy atom. The molecule has 4 heteroatoms. The van der Waals surface area contributed by atoms with Gasteiger partial charge in [-0.05, 0) is 30.5 Å². The van der Waals surface area contributed by atoms with Crippen LogP contribution in [0.3, 0.4) is 0 Å². The Balaban J connectivity index is 2.26. The van der Waals surface area contributed by atoms with E-state index >= 15 is 0 Å². The van der Waals surface area contributed by atoms with Crippen molar-refractivity contribution in [1.29, 1.82) is 0 Å². The predicted octanol–water partition coefficient (Wildman–Crippen LogP) is 2.96. The molecule has 0 bridgehead atoms. The van der Waals surface area contributed by atoms with Crippen molar-refractivity contribution < 1.29 is 9.47 Å². The van der Waals surface area contributed by atoms with Crippen LogP contribution in [0.1, 0.15) is 31.2 Å². The summed E-state index contributed by atoms with van der Waals surface area (Å²) >= 11 is 0. The number of aromatic nitrogens is 1. The molecule has 4 nitrogen and oxygen atoms in total. The van der Waals surface area contributed by atoms with Crippen LogP contribution >= 0.6 is 0 Å². The maximum Gasteiger partial charge on any atom is 0.143 e. The fourth-order valence-electron chi connectivity index (χ4n) is 3.59. The number of nitrogens with two attached hydrogens (primary N) is 1. The first kappa shape index (κ1) is 13.3. The van der Waals surface area contributed by atoms with Crippen molar-refractivity contribution >= 4 is 10.9 Å². The molecule has 1 aromatic carbocycles. The summed E-state index contributed by atoms with van der Waals surface area (Å²) in [5.74, 6) is 1.73. The number of nitrogens with one attached hydrogen (secondary N) is 1. The van der Waals surface area contributed by atoms with Gasteiger partial charge in [-0.15, -0.1) is 0 Å². The van der Waals surface area contributed by atoms with Gasteiger partial charge in [-0.25, -0.2) is 0 Å². The lowest BCUT2D eigenvalue weighted by Gasteiger charge is -2.27. The second-order valence-electron chi connectivity index (χ2n) is 5.61. The first-order valence-corrected chi connectivity index (χ1v) is 7.18. The van der Waals surface area contributed by atoms with Crippen molar-refractivity contribution in [3.05, 3.63) is 23.9 Å². The molecule has 1 fully saturated rings. The summed E-state index contributed by atoms with van der Waals surface area (Å²) in [6, 6.07) is 3.91. The molecule has 0 atom stereocenters. The number of aromatic amines is 1. The second-order valence-corrected chi connectivity index (χ2v) is 5.61. The van der Waals surface area contributed by atoms with E-state index in [9.17, 15) is 0 Å². The summed E-state index contributed by atoms with van der Waals surface area (Å²) in [4.78, 5) is 3.36. The van der Waals surface area contributed by atoms with Gasteiger partial charge in [0.05, 0.1) is 19.7 Å². The zero-order chi connectivity index (χ0) is 14.2. The van der Waals surface area contributed by atoms with Crippen molar-refractivity contribution in [2.75, 3.05) is 20.8 Å². The van der Waals surface area contributed by atoms with Crippen molar-refractivity contribution in [3.8, 4) is 11.5 Å². The summed E-state index contributed by atoms with van der Waals surface area (Å²) < 4.78 is 11.0. The maximum absolute atomic E-state index is 6.13. The van der Waals surface area contributed by atoms with Gasteiger partial charge in [0.25, 0.3) is 0 Å². The predicted molar refractivity (Wildman–Crippen MR) is 80.6 cm³/mol. The van der Waals surface area contributed by atoms with E-state index in [1.165, 1.54) is 18.4 Å². The number of benzene rings is 1. The lowest BCUT2D eigenvalue weighted by atomic mass is 9.78. The van der Waals surface area contributed by atoms with Crippen molar-refractivity contribution in [2.45, 2.75) is 31.1 Å². The molecule has 0 amide bonds. The molecule has 0 unspecified atom stereocenters. The molecule has 20 heavy (non-hydrogen) atoms. The second kappa shape index (κ2) is 5.02. The molecular formula is C16H22N2O2. The normalized spacial score (nSPS) is 17.6. The molecule has 1 aliphatic carbocycles. The molecule has 1 aliphatic rings. The standard InChI is InChI=1S/C16H22N2O2/c1-19-12-5-6-13(20-2)15-14(12)11(9-18-15)16(10-17)7-3-4-8-16/h5-6,9,18H,3-4,7-8,10,17H2,1-2H3. The number of ether oxygens (including phenoxy) is 2. The highest BCUT2D eigenvalue weighted by Gasteiger charge is 2.37. The molecule has 1 aromatic heterocycles. The van der Waals surface area contributed by atoms with Gasteiger partial charge < -0.3 is 20.2 Å². The van der Waals surface area contributed by atoms with Crippen LogP contribution in [0.25, 0.3) is 10.9 Å². The summed E-state index contributed by atoms with van der Waals surface area (Å²) in [6.45, 7) is 0.681. The molecule has 0 spiro atoms. The highest BCUT2D eigenvalue weighted by atomic mass is 16.5. The van der Waals surface area contributed by atoms with Crippen molar-refractivity contribution in [3.63, 3.8) is 0 Å². The highest BCUT2D eigenvalue weighted by Crippen LogP contribution is 2.46. The van der Waals surface area contributed by atoms with Crippen LogP contribution < -0.4 is 15.2 Å². The van der Waals surface area contributed by atoms with Gasteiger partial charge in [0.15, 0.2) is 0 Å². The van der Waals surface area contributed by atoms with Crippen LogP contribution in [0.2, 0.25) is 0 Å². The average Bonchev–Trinajstić information content (AvgIpc) is 3.13. The van der Waals surface area contributed by atoms with E-state index in [1.807, 2.05) is 12.1 Å². The zero-order valence-electron chi connectivity index (χ0n) is 12.2. The van der Waals surface area contributed by atoms with Crippen molar-refractivity contribution in [2.24, 2.45) is 5.73 Å². The van der Waals surface area contributed by atoms with Crippen LogP contribution in [-0.4, -0.2) is 25.7 Å². The molecule has 108 valence electrons. The summed E-state index contributed by atoms with van der Waals surface area (Å²) in [5, 5.41) is 1.12. The van der Waals surface area contributed by atoms with Crippen LogP contribution in [0.15, 0.2) is 18.3 Å². The Hall–Kier alpha value is -1.68. The fraction of sp³-hybridized carbons (Fsp3) is 0.500. The SMILES string of the molecule is COc1ccc(OC)c2c(C3(CN)CCCC3)c[nH]c12. The minimum absolute atomic E-state index is 0.0812. The van der Waals surface area contributed by atoms with E-state index in [0.717, 1.165) is 35.2 Å². The molecule has 1 saturated carbocycles. The van der Waals surface area contributed by atoms with Gasteiger partial charge >= 0.3 is 0 Å². The molecular weight excluding hydrogens is 252 g/mol. The molecule has 3 rings (SSSR count). The first-order chi connectivity index (χ1) is 9.75. The molecule has 1 heterocycles. The molecule has 0 aliphatic heterocycles. The van der Waals surface area contributed by atoms with E-state index in [2.05, 4.69) is 11.2 Å². The van der Waals surface area contributed by atoms with E-state index in [-0.39, 0.29) is 5.41 Å². The Morgan fingerprint density at radius 1 is 1.15 bits per heavy atom. The van der Waals surface area contributed by atoms with Gasteiger partial charge in [-0.3, -0.25) is 0 Å². The van der Waals surface area contributed by atoms with E-state index in [1.54, 1.807) is 14.2 Å². The lowest BCUT2D eigenvalue weighted by molar-refractivity contribution is 0.408. The van der Waals surface area contributed by atoms with Crippen LogP contribution in [-0.2, 0) is 5.41 Å². The van der Waals surface area contributed by atoms with Crippen LogP contribution in [0.5, 0.6) is 11.5 Å². The summed E-state index contributed by atoms with van der Waals surface area (Å²) in [5.41, 5.74) is 8.49. The highest BCUT2D eigenvalue weighted by molar-refractivity contribution is 5.94. The number of hydrogen-bond donors (Lipinski definition) is 2. The van der Waals surface area contributed by atoms with Gasteiger partial charge in [-0.2, -0.15) is 0 Å². The topological polar surface area (TPSA) is 60.3 Å². The number of fused-ring (bicyclic) bond motifs is 1. The van der Waals surface area contributed by atoms with Gasteiger partial charge in [0, 0.05) is 23.5 Å². The summed E-state index contributed by atoms with van der Waals surface area (Å²) in [6.07, 6.45) is 6.88. The lowest BCUT2D eigenvalue weighted by Crippen LogP contribution is -2.31. The molecule has 3 N–H and O–H groups in total. The minimum atomic E-state index is 0.0812.